The molecule has 0 saturated heterocycles. The summed E-state index contributed by atoms with van der Waals surface area (Å²) in [7, 11) is 1.43. The SMILES string of the molecule is Cc1ccccc1[Si](O[Si])(C(C)C)C(C)C. The first kappa shape index (κ1) is 13.7. The van der Waals surface area contributed by atoms with Gasteiger partial charge in [0.15, 0.2) is 0 Å². The van der Waals surface area contributed by atoms with E-state index in [0.29, 0.717) is 11.1 Å². The Morgan fingerprint density at radius 3 is 1.94 bits per heavy atom. The van der Waals surface area contributed by atoms with Crippen LogP contribution in [0.15, 0.2) is 24.3 Å². The lowest BCUT2D eigenvalue weighted by Gasteiger charge is -2.39. The van der Waals surface area contributed by atoms with Crippen molar-refractivity contribution in [1.29, 1.82) is 0 Å². The molecule has 0 N–H and O–H groups in total. The molecule has 0 aliphatic heterocycles. The molecule has 0 heterocycles. The summed E-state index contributed by atoms with van der Waals surface area (Å²) in [5.41, 5.74) is 2.44. The minimum Gasteiger partial charge on any atom is -0.453 e. The van der Waals surface area contributed by atoms with Crippen molar-refractivity contribution in [2.75, 3.05) is 0 Å². The largest absolute Gasteiger partial charge is 0.453 e. The van der Waals surface area contributed by atoms with E-state index in [1.54, 1.807) is 0 Å². The summed E-state index contributed by atoms with van der Waals surface area (Å²) in [5, 5.41) is 1.41. The third kappa shape index (κ3) is 2.17. The third-order valence-corrected chi connectivity index (χ3v) is 9.64. The van der Waals surface area contributed by atoms with Crippen LogP contribution in [0.1, 0.15) is 33.3 Å². The molecule has 1 aromatic carbocycles. The van der Waals surface area contributed by atoms with Gasteiger partial charge < -0.3 is 4.12 Å². The van der Waals surface area contributed by atoms with E-state index in [0.717, 1.165) is 0 Å². The van der Waals surface area contributed by atoms with Crippen LogP contribution in [0.5, 0.6) is 0 Å². The molecule has 0 spiro atoms. The molecular weight excluding hydrogens is 228 g/mol. The molecule has 0 amide bonds. The Labute approximate surface area is 104 Å². The first-order valence-corrected chi connectivity index (χ1v) is 8.34. The van der Waals surface area contributed by atoms with E-state index < -0.39 is 8.32 Å². The molecule has 0 atom stereocenters. The topological polar surface area (TPSA) is 9.23 Å². The summed E-state index contributed by atoms with van der Waals surface area (Å²) in [6.45, 7) is 11.2. The van der Waals surface area contributed by atoms with E-state index in [9.17, 15) is 0 Å². The Hall–Kier alpha value is -0.386. The van der Waals surface area contributed by atoms with Gasteiger partial charge in [-0.05, 0) is 28.8 Å². The van der Waals surface area contributed by atoms with E-state index in [1.165, 1.54) is 10.8 Å². The number of hydrogen-bond donors (Lipinski definition) is 0. The molecule has 3 heteroatoms. The number of rotatable bonds is 4. The molecule has 1 aromatic rings. The Morgan fingerprint density at radius 1 is 1.06 bits per heavy atom. The van der Waals surface area contributed by atoms with Crippen molar-refractivity contribution in [2.45, 2.75) is 45.7 Å². The van der Waals surface area contributed by atoms with E-state index in [-0.39, 0.29) is 0 Å². The lowest BCUT2D eigenvalue weighted by molar-refractivity contribution is 0.563. The van der Waals surface area contributed by atoms with Crippen molar-refractivity contribution >= 4 is 24.0 Å². The highest BCUT2D eigenvalue weighted by Crippen LogP contribution is 2.32. The van der Waals surface area contributed by atoms with Gasteiger partial charge in [0.05, 0.1) is 0 Å². The highest BCUT2D eigenvalue weighted by Gasteiger charge is 2.43. The van der Waals surface area contributed by atoms with Gasteiger partial charge in [-0.2, -0.15) is 0 Å². The third-order valence-electron chi connectivity index (χ3n) is 3.45. The van der Waals surface area contributed by atoms with Crippen molar-refractivity contribution in [3.8, 4) is 0 Å². The lowest BCUT2D eigenvalue weighted by Crippen LogP contribution is -2.56. The van der Waals surface area contributed by atoms with Crippen LogP contribution in [0.4, 0.5) is 0 Å². The molecule has 87 valence electrons. The number of aryl methyl sites for hydroxylation is 1. The molecule has 0 fully saturated rings. The minimum absolute atomic E-state index is 0.547. The van der Waals surface area contributed by atoms with Gasteiger partial charge in [-0.25, -0.2) is 0 Å². The van der Waals surface area contributed by atoms with Gasteiger partial charge in [0.2, 0.25) is 18.8 Å². The maximum atomic E-state index is 5.87. The Kier molecular flexibility index (Phi) is 4.53. The zero-order chi connectivity index (χ0) is 12.3. The first-order chi connectivity index (χ1) is 7.46. The van der Waals surface area contributed by atoms with Gasteiger partial charge in [-0.1, -0.05) is 52.0 Å². The molecule has 0 bridgehead atoms. The van der Waals surface area contributed by atoms with Gasteiger partial charge in [0.25, 0.3) is 0 Å². The van der Waals surface area contributed by atoms with Crippen molar-refractivity contribution in [3.05, 3.63) is 29.8 Å². The quantitative estimate of drug-likeness (QED) is 0.745. The fraction of sp³-hybridized carbons (Fsp3) is 0.538. The summed E-state index contributed by atoms with van der Waals surface area (Å²) >= 11 is 0. The predicted molar refractivity (Wildman–Crippen MR) is 73.6 cm³/mol. The van der Waals surface area contributed by atoms with Crippen LogP contribution in [0.25, 0.3) is 0 Å². The van der Waals surface area contributed by atoms with Crippen molar-refractivity contribution in [2.24, 2.45) is 0 Å². The van der Waals surface area contributed by atoms with Crippen molar-refractivity contribution in [1.82, 2.24) is 0 Å². The van der Waals surface area contributed by atoms with Crippen molar-refractivity contribution < 1.29 is 4.12 Å². The molecule has 3 radical (unpaired) electrons. The van der Waals surface area contributed by atoms with Crippen LogP contribution in [0.3, 0.4) is 0 Å². The zero-order valence-electron chi connectivity index (χ0n) is 10.9. The smallest absolute Gasteiger partial charge is 0.230 e. The Morgan fingerprint density at radius 2 is 1.56 bits per heavy atom. The van der Waals surface area contributed by atoms with Crippen LogP contribution in [-0.4, -0.2) is 18.8 Å². The molecule has 0 unspecified atom stereocenters. The predicted octanol–water partition coefficient (Wildman–Crippen LogP) is 3.07. The van der Waals surface area contributed by atoms with E-state index >= 15 is 0 Å². The summed E-state index contributed by atoms with van der Waals surface area (Å²) in [5.74, 6) is 0. The fourth-order valence-electron chi connectivity index (χ4n) is 2.59. The molecule has 1 rings (SSSR count). The monoisotopic (exact) mass is 249 g/mol. The van der Waals surface area contributed by atoms with E-state index in [1.807, 2.05) is 0 Å². The summed E-state index contributed by atoms with van der Waals surface area (Å²) < 4.78 is 5.87. The molecule has 0 saturated carbocycles. The minimum atomic E-state index is -1.93. The molecule has 1 nitrogen and oxygen atoms in total. The molecule has 0 aliphatic rings. The standard InChI is InChI=1S/C13H21OSi2/c1-10(2)16(14-15,11(3)4)13-9-7-6-8-12(13)5/h6-11H,1-5H3. The molecule has 0 aliphatic carbocycles. The van der Waals surface area contributed by atoms with Gasteiger partial charge in [-0.15, -0.1) is 0 Å². The van der Waals surface area contributed by atoms with Crippen LogP contribution in [-0.2, 0) is 4.12 Å². The summed E-state index contributed by atoms with van der Waals surface area (Å²) in [6.07, 6.45) is 0. The number of hydrogen-bond acceptors (Lipinski definition) is 1. The van der Waals surface area contributed by atoms with Crippen LogP contribution in [0, 0.1) is 6.92 Å². The molecular formula is C13H21OSi2. The van der Waals surface area contributed by atoms with Gasteiger partial charge in [0.1, 0.15) is 0 Å². The molecule has 16 heavy (non-hydrogen) atoms. The average molecular weight is 249 g/mol. The Balaban J connectivity index is 3.37. The fourth-order valence-corrected chi connectivity index (χ4v) is 8.55. The maximum absolute atomic E-state index is 5.87. The first-order valence-electron chi connectivity index (χ1n) is 5.87. The van der Waals surface area contributed by atoms with E-state index in [2.05, 4.69) is 69.4 Å². The average Bonchev–Trinajstić information content (AvgIpc) is 2.21. The van der Waals surface area contributed by atoms with Crippen LogP contribution >= 0.6 is 0 Å². The molecule has 0 aromatic heterocycles. The second-order valence-electron chi connectivity index (χ2n) is 5.02. The normalized spacial score (nSPS) is 12.5. The Bertz CT molecular complexity index is 340. The van der Waals surface area contributed by atoms with Crippen LogP contribution < -0.4 is 5.19 Å². The second kappa shape index (κ2) is 5.30. The summed E-state index contributed by atoms with van der Waals surface area (Å²) in [6, 6.07) is 8.60. The lowest BCUT2D eigenvalue weighted by atomic mass is 10.2. The highest BCUT2D eigenvalue weighted by molar-refractivity contribution is 6.90. The van der Waals surface area contributed by atoms with Crippen LogP contribution in [0.2, 0.25) is 11.1 Å². The second-order valence-corrected chi connectivity index (χ2v) is 10.3. The zero-order valence-corrected chi connectivity index (χ0v) is 12.9. The van der Waals surface area contributed by atoms with Gasteiger partial charge in [0, 0.05) is 0 Å². The van der Waals surface area contributed by atoms with E-state index in [4.69, 9.17) is 4.12 Å². The maximum Gasteiger partial charge on any atom is 0.230 e. The highest BCUT2D eigenvalue weighted by atomic mass is 28.4. The summed E-state index contributed by atoms with van der Waals surface area (Å²) in [4.78, 5) is 0. The van der Waals surface area contributed by atoms with Gasteiger partial charge >= 0.3 is 0 Å². The van der Waals surface area contributed by atoms with Crippen molar-refractivity contribution in [3.63, 3.8) is 0 Å². The number of benzene rings is 1. The van der Waals surface area contributed by atoms with Gasteiger partial charge in [-0.3, -0.25) is 0 Å².